The number of carbonyl (C=O) groups is 1. The standard InChI is InChI=1S/C23H32FN4O10P/c1-13(2)36-21(32)14(3)27-39(34,38-15-7-5-4-6-8-15)35-10-17-23(11-29,12-30)18(31)20(37-17)28-9-16(24)19(25)26-22(28)33/h4-9,13-14,17-18,20,29-31H,10-12H2,1-3H3,(H,27,34)(H2,25,26,33)/t14-,17+,18?,20+,39?/m0/s1. The van der Waals surface area contributed by atoms with Crippen LogP contribution in [-0.4, -0.2) is 75.0 Å². The Morgan fingerprint density at radius 2 is 1.92 bits per heavy atom. The predicted molar refractivity (Wildman–Crippen MR) is 134 cm³/mol. The molecule has 0 saturated carbocycles. The van der Waals surface area contributed by atoms with Crippen molar-refractivity contribution < 1.29 is 47.6 Å². The highest BCUT2D eigenvalue weighted by Gasteiger charge is 2.57. The van der Waals surface area contributed by atoms with Crippen LogP contribution >= 0.6 is 7.75 Å². The zero-order valence-corrected chi connectivity index (χ0v) is 22.4. The van der Waals surface area contributed by atoms with E-state index in [1.54, 1.807) is 32.0 Å². The molecule has 1 aliphatic heterocycles. The molecule has 6 N–H and O–H groups in total. The average Bonchev–Trinajstić information content (AvgIpc) is 3.16. The minimum Gasteiger partial charge on any atom is -0.462 e. The molecule has 1 fully saturated rings. The van der Waals surface area contributed by atoms with Gasteiger partial charge in [0, 0.05) is 0 Å². The molecule has 2 heterocycles. The van der Waals surface area contributed by atoms with Gasteiger partial charge >= 0.3 is 19.4 Å². The van der Waals surface area contributed by atoms with Crippen molar-refractivity contribution in [2.45, 2.75) is 51.4 Å². The predicted octanol–water partition coefficient (Wildman–Crippen LogP) is 0.327. The SMILES string of the molecule is CC(C)OC(=O)[C@H](C)NP(=O)(OC[C@H]1O[C@@H](n2cc(F)c(N)nc2=O)C(O)C1(CO)CO)Oc1ccccc1. The summed E-state index contributed by atoms with van der Waals surface area (Å²) < 4.78 is 50.4. The molecule has 5 atom stereocenters. The van der Waals surface area contributed by atoms with Crippen molar-refractivity contribution in [3.8, 4) is 5.75 Å². The van der Waals surface area contributed by atoms with Crippen LogP contribution in [0.15, 0.2) is 41.3 Å². The Morgan fingerprint density at radius 1 is 1.28 bits per heavy atom. The Hall–Kier alpha value is -2.91. The Morgan fingerprint density at radius 3 is 2.51 bits per heavy atom. The van der Waals surface area contributed by atoms with Crippen molar-refractivity contribution in [2.24, 2.45) is 5.41 Å². The summed E-state index contributed by atoms with van der Waals surface area (Å²) in [5.41, 5.74) is 2.39. The van der Waals surface area contributed by atoms with E-state index in [9.17, 15) is 33.9 Å². The Labute approximate surface area is 223 Å². The maximum Gasteiger partial charge on any atom is 0.459 e. The van der Waals surface area contributed by atoms with Crippen molar-refractivity contribution in [3.05, 3.63) is 52.8 Å². The summed E-state index contributed by atoms with van der Waals surface area (Å²) in [6, 6.07) is 6.72. The summed E-state index contributed by atoms with van der Waals surface area (Å²) >= 11 is 0. The number of ether oxygens (including phenoxy) is 2. The summed E-state index contributed by atoms with van der Waals surface area (Å²) in [6.45, 7) is 2.22. The van der Waals surface area contributed by atoms with Crippen molar-refractivity contribution in [1.82, 2.24) is 14.6 Å². The summed E-state index contributed by atoms with van der Waals surface area (Å²) in [7, 11) is -4.39. The quantitative estimate of drug-likeness (QED) is 0.171. The van der Waals surface area contributed by atoms with Gasteiger partial charge < -0.3 is 35.1 Å². The molecule has 0 bridgehead atoms. The minimum atomic E-state index is -4.39. The van der Waals surface area contributed by atoms with E-state index in [1.165, 1.54) is 19.1 Å². The Kier molecular flexibility index (Phi) is 9.83. The van der Waals surface area contributed by atoms with Crippen LogP contribution in [0.3, 0.4) is 0 Å². The summed E-state index contributed by atoms with van der Waals surface area (Å²) in [4.78, 5) is 28.0. The topological polar surface area (TPSA) is 205 Å². The number of esters is 1. The van der Waals surface area contributed by atoms with Gasteiger partial charge in [-0.05, 0) is 32.9 Å². The highest BCUT2D eigenvalue weighted by Crippen LogP contribution is 2.49. The maximum atomic E-state index is 14.1. The van der Waals surface area contributed by atoms with Gasteiger partial charge in [0.2, 0.25) is 0 Å². The largest absolute Gasteiger partial charge is 0.462 e. The number of aromatic nitrogens is 2. The van der Waals surface area contributed by atoms with Crippen LogP contribution in [0.25, 0.3) is 0 Å². The molecule has 0 amide bonds. The van der Waals surface area contributed by atoms with E-state index < -0.39 is 86.9 Å². The van der Waals surface area contributed by atoms with E-state index in [4.69, 9.17) is 24.3 Å². The van der Waals surface area contributed by atoms with Crippen LogP contribution in [0.1, 0.15) is 27.0 Å². The van der Waals surface area contributed by atoms with E-state index in [-0.39, 0.29) is 5.75 Å². The molecular weight excluding hydrogens is 542 g/mol. The third-order valence-corrected chi connectivity index (χ3v) is 7.67. The lowest BCUT2D eigenvalue weighted by Gasteiger charge is -2.33. The molecule has 1 saturated heterocycles. The molecule has 3 rings (SSSR count). The number of carbonyl (C=O) groups excluding carboxylic acids is 1. The van der Waals surface area contributed by atoms with E-state index in [2.05, 4.69) is 10.1 Å². The lowest BCUT2D eigenvalue weighted by Crippen LogP contribution is -2.49. The molecule has 0 radical (unpaired) electrons. The van der Waals surface area contributed by atoms with Crippen molar-refractivity contribution in [2.75, 3.05) is 25.6 Å². The molecule has 39 heavy (non-hydrogen) atoms. The molecule has 16 heteroatoms. The van der Waals surface area contributed by atoms with Gasteiger partial charge in [0.05, 0.1) is 43.6 Å². The van der Waals surface area contributed by atoms with E-state index in [0.29, 0.717) is 10.8 Å². The number of aliphatic hydroxyl groups is 3. The van der Waals surface area contributed by atoms with Crippen molar-refractivity contribution in [1.29, 1.82) is 0 Å². The fraction of sp³-hybridized carbons (Fsp3) is 0.522. The third-order valence-electron chi connectivity index (χ3n) is 6.02. The highest BCUT2D eigenvalue weighted by molar-refractivity contribution is 7.52. The van der Waals surface area contributed by atoms with Crippen LogP contribution in [0.5, 0.6) is 5.75 Å². The minimum absolute atomic E-state index is 0.119. The fourth-order valence-electron chi connectivity index (χ4n) is 3.86. The van der Waals surface area contributed by atoms with Gasteiger partial charge in [-0.15, -0.1) is 0 Å². The Bertz CT molecular complexity index is 1240. The number of nitrogen functional groups attached to an aromatic ring is 1. The first-order valence-corrected chi connectivity index (χ1v) is 13.5. The number of hydrogen-bond donors (Lipinski definition) is 5. The van der Waals surface area contributed by atoms with Crippen LogP contribution in [-0.2, 0) is 23.4 Å². The van der Waals surface area contributed by atoms with Gasteiger partial charge in [0.1, 0.15) is 17.9 Å². The van der Waals surface area contributed by atoms with Gasteiger partial charge in [0.25, 0.3) is 0 Å². The monoisotopic (exact) mass is 574 g/mol. The lowest BCUT2D eigenvalue weighted by atomic mass is 9.80. The van der Waals surface area contributed by atoms with Crippen molar-refractivity contribution >= 4 is 19.5 Å². The Balaban J connectivity index is 1.89. The first kappa shape index (κ1) is 30.6. The second kappa shape index (κ2) is 12.5. The number of para-hydroxylation sites is 1. The molecule has 216 valence electrons. The molecule has 14 nitrogen and oxygen atoms in total. The highest BCUT2D eigenvalue weighted by atomic mass is 31.2. The number of nitrogens with zero attached hydrogens (tertiary/aromatic N) is 2. The number of rotatable bonds is 12. The van der Waals surface area contributed by atoms with Gasteiger partial charge in [-0.3, -0.25) is 13.9 Å². The van der Waals surface area contributed by atoms with Gasteiger partial charge in [-0.2, -0.15) is 10.1 Å². The van der Waals surface area contributed by atoms with Crippen molar-refractivity contribution in [3.63, 3.8) is 0 Å². The maximum absolute atomic E-state index is 14.1. The van der Waals surface area contributed by atoms with E-state index in [1.807, 2.05) is 0 Å². The second-order valence-electron chi connectivity index (χ2n) is 9.21. The normalized spacial score (nSPS) is 22.8. The third kappa shape index (κ3) is 6.81. The number of hydrogen-bond acceptors (Lipinski definition) is 12. The van der Waals surface area contributed by atoms with E-state index in [0.717, 1.165) is 0 Å². The van der Waals surface area contributed by atoms with Crippen LogP contribution in [0, 0.1) is 11.2 Å². The summed E-state index contributed by atoms with van der Waals surface area (Å²) in [6.07, 6.45) is -4.60. The molecule has 1 aromatic carbocycles. The van der Waals surface area contributed by atoms with Gasteiger partial charge in [-0.1, -0.05) is 18.2 Å². The number of anilines is 1. The molecule has 0 spiro atoms. The summed E-state index contributed by atoms with van der Waals surface area (Å²) in [5.74, 6) is -2.37. The lowest BCUT2D eigenvalue weighted by molar-refractivity contribution is -0.149. The smallest absolute Gasteiger partial charge is 0.459 e. The zero-order chi connectivity index (χ0) is 29.0. The molecule has 0 aliphatic carbocycles. The van der Waals surface area contributed by atoms with Gasteiger partial charge in [-0.25, -0.2) is 13.8 Å². The average molecular weight is 574 g/mol. The second-order valence-corrected chi connectivity index (χ2v) is 10.9. The first-order chi connectivity index (χ1) is 18.4. The molecule has 2 aromatic rings. The van der Waals surface area contributed by atoms with E-state index >= 15 is 0 Å². The van der Waals surface area contributed by atoms with Crippen LogP contribution in [0.4, 0.5) is 10.2 Å². The number of aliphatic hydroxyl groups excluding tert-OH is 3. The van der Waals surface area contributed by atoms with Crippen LogP contribution in [0.2, 0.25) is 0 Å². The fourth-order valence-corrected chi connectivity index (χ4v) is 5.35. The van der Waals surface area contributed by atoms with Crippen LogP contribution < -0.4 is 21.0 Å². The number of halogens is 1. The number of nitrogens with one attached hydrogen (secondary N) is 1. The summed E-state index contributed by atoms with van der Waals surface area (Å²) in [5, 5.41) is 33.7. The molecule has 2 unspecified atom stereocenters. The molecule has 1 aromatic heterocycles. The zero-order valence-electron chi connectivity index (χ0n) is 21.5. The molecular formula is C23H32FN4O10P. The number of benzene rings is 1. The number of nitrogens with two attached hydrogens (primary N) is 1. The first-order valence-electron chi connectivity index (χ1n) is 11.9. The molecule has 1 aliphatic rings. The van der Waals surface area contributed by atoms with Gasteiger partial charge in [0.15, 0.2) is 17.9 Å².